The highest BCUT2D eigenvalue weighted by molar-refractivity contribution is 9.10. The van der Waals surface area contributed by atoms with E-state index < -0.39 is 5.56 Å². The van der Waals surface area contributed by atoms with Crippen molar-refractivity contribution >= 4 is 38.3 Å². The Bertz CT molecular complexity index is 1380. The maximum atomic E-state index is 12.9. The van der Waals surface area contributed by atoms with Crippen LogP contribution in [0, 0.1) is 6.92 Å². The van der Waals surface area contributed by atoms with Crippen LogP contribution in [0.3, 0.4) is 0 Å². The topological polar surface area (TPSA) is 73.6 Å². The summed E-state index contributed by atoms with van der Waals surface area (Å²) in [6.07, 6.45) is 2.04. The Labute approximate surface area is 178 Å². The van der Waals surface area contributed by atoms with E-state index in [0.717, 1.165) is 32.5 Å². The van der Waals surface area contributed by atoms with Crippen molar-refractivity contribution in [1.82, 2.24) is 14.6 Å². The van der Waals surface area contributed by atoms with Crippen molar-refractivity contribution in [2.24, 2.45) is 0 Å². The molecule has 0 aliphatic carbocycles. The highest BCUT2D eigenvalue weighted by Gasteiger charge is 2.12. The molecule has 0 N–H and O–H groups in total. The van der Waals surface area contributed by atoms with Crippen LogP contribution in [0.5, 0.6) is 5.75 Å². The second kappa shape index (κ2) is 7.88. The van der Waals surface area contributed by atoms with Crippen LogP contribution < -0.4 is 20.4 Å². The van der Waals surface area contributed by atoms with E-state index in [0.29, 0.717) is 16.7 Å². The van der Waals surface area contributed by atoms with Crippen LogP contribution in [0.1, 0.15) is 22.4 Å². The summed E-state index contributed by atoms with van der Waals surface area (Å²) in [7, 11) is 1.57. The average Bonchev–Trinajstić information content (AvgIpc) is 2.99. The van der Waals surface area contributed by atoms with Gasteiger partial charge in [-0.1, -0.05) is 57.1 Å². The molecule has 0 aliphatic heterocycles. The normalized spacial score (nSPS) is 11.9. The molecule has 0 atom stereocenters. The van der Waals surface area contributed by atoms with Crippen molar-refractivity contribution in [1.29, 1.82) is 0 Å². The number of benzene rings is 2. The molecule has 2 heterocycles. The molecule has 29 heavy (non-hydrogen) atoms. The van der Waals surface area contributed by atoms with Crippen molar-refractivity contribution in [2.45, 2.75) is 13.3 Å². The molecular weight excluding hydrogens is 454 g/mol. The number of fused-ring (bicyclic) bond motifs is 1. The van der Waals surface area contributed by atoms with E-state index in [2.05, 4.69) is 26.0 Å². The Kier molecular flexibility index (Phi) is 5.29. The molecular formula is C21H16BrN3O3S. The average molecular weight is 470 g/mol. The second-order valence-corrected chi connectivity index (χ2v) is 8.45. The Morgan fingerprint density at radius 3 is 2.66 bits per heavy atom. The van der Waals surface area contributed by atoms with E-state index >= 15 is 0 Å². The van der Waals surface area contributed by atoms with E-state index in [1.165, 1.54) is 4.52 Å². The summed E-state index contributed by atoms with van der Waals surface area (Å²) in [5.74, 6) is 0.639. The molecule has 2 aromatic heterocycles. The number of rotatable bonds is 4. The summed E-state index contributed by atoms with van der Waals surface area (Å²) < 4.78 is 7.85. The Hall–Kier alpha value is -2.84. The Balaban J connectivity index is 1.82. The van der Waals surface area contributed by atoms with Crippen LogP contribution in [-0.4, -0.2) is 21.7 Å². The zero-order valence-corrected chi connectivity index (χ0v) is 18.1. The quantitative estimate of drug-likeness (QED) is 0.459. The van der Waals surface area contributed by atoms with Gasteiger partial charge in [-0.15, -0.1) is 0 Å². The van der Waals surface area contributed by atoms with Crippen LogP contribution in [-0.2, 0) is 6.42 Å². The lowest BCUT2D eigenvalue weighted by molar-refractivity contribution is 0.414. The van der Waals surface area contributed by atoms with Crippen LogP contribution in [0.4, 0.5) is 0 Å². The molecule has 0 unspecified atom stereocenters. The summed E-state index contributed by atoms with van der Waals surface area (Å²) in [6, 6.07) is 13.4. The number of methoxy groups -OCH3 is 1. The first-order chi connectivity index (χ1) is 13.9. The summed E-state index contributed by atoms with van der Waals surface area (Å²) in [4.78, 5) is 29.6. The number of ether oxygens (including phenoxy) is 1. The molecule has 0 saturated carbocycles. The minimum Gasteiger partial charge on any atom is -0.496 e. The monoisotopic (exact) mass is 469 g/mol. The first-order valence-corrected chi connectivity index (χ1v) is 10.4. The fourth-order valence-corrected chi connectivity index (χ4v) is 4.18. The molecule has 6 nitrogen and oxygen atoms in total. The number of aromatic nitrogens is 3. The van der Waals surface area contributed by atoms with Gasteiger partial charge in [-0.3, -0.25) is 9.59 Å². The third kappa shape index (κ3) is 3.99. The molecule has 0 amide bonds. The zero-order chi connectivity index (χ0) is 20.5. The van der Waals surface area contributed by atoms with Gasteiger partial charge in [0.05, 0.1) is 11.6 Å². The van der Waals surface area contributed by atoms with Gasteiger partial charge in [-0.25, -0.2) is 0 Å². The number of hydrogen-bond acceptors (Lipinski definition) is 6. The number of aryl methyl sites for hydroxylation is 1. The Morgan fingerprint density at radius 2 is 1.93 bits per heavy atom. The van der Waals surface area contributed by atoms with Crippen molar-refractivity contribution in [3.05, 3.63) is 94.6 Å². The van der Waals surface area contributed by atoms with Crippen molar-refractivity contribution < 1.29 is 4.74 Å². The fourth-order valence-electron chi connectivity index (χ4n) is 2.91. The van der Waals surface area contributed by atoms with Gasteiger partial charge in [0.2, 0.25) is 4.96 Å². The number of halogens is 1. The maximum absolute atomic E-state index is 12.9. The van der Waals surface area contributed by atoms with Crippen molar-refractivity contribution in [2.75, 3.05) is 7.11 Å². The molecule has 0 radical (unpaired) electrons. The van der Waals surface area contributed by atoms with Gasteiger partial charge in [0.25, 0.3) is 11.1 Å². The zero-order valence-electron chi connectivity index (χ0n) is 15.7. The number of thiazole rings is 1. The number of hydrogen-bond donors (Lipinski definition) is 0. The van der Waals surface area contributed by atoms with Gasteiger partial charge >= 0.3 is 0 Å². The fraction of sp³-hybridized carbons (Fsp3) is 0.143. The lowest BCUT2D eigenvalue weighted by Crippen LogP contribution is -2.28. The van der Waals surface area contributed by atoms with E-state index in [1.807, 2.05) is 49.4 Å². The standard InChI is InChI=1S/C21H16BrN3O3S/c1-12-3-5-13(6-4-12)9-16-19(26)23-21-25(24-16)20(27)18(29-21)11-14-10-15(22)7-8-17(14)28-2/h3-8,10-11H,9H2,1-2H3/b18-11-. The van der Waals surface area contributed by atoms with E-state index in [1.54, 1.807) is 13.2 Å². The molecule has 146 valence electrons. The molecule has 4 aromatic rings. The molecule has 0 bridgehead atoms. The summed E-state index contributed by atoms with van der Waals surface area (Å²) in [6.45, 7) is 2.00. The second-order valence-electron chi connectivity index (χ2n) is 6.52. The third-order valence-electron chi connectivity index (χ3n) is 4.42. The molecule has 8 heteroatoms. The minimum atomic E-state index is -0.418. The molecule has 0 aliphatic rings. The molecule has 2 aromatic carbocycles. The van der Waals surface area contributed by atoms with Crippen molar-refractivity contribution in [3.8, 4) is 5.75 Å². The third-order valence-corrected chi connectivity index (χ3v) is 5.87. The van der Waals surface area contributed by atoms with E-state index in [4.69, 9.17) is 4.74 Å². The van der Waals surface area contributed by atoms with Gasteiger partial charge in [-0.05, 0) is 36.8 Å². The highest BCUT2D eigenvalue weighted by atomic mass is 79.9. The van der Waals surface area contributed by atoms with Gasteiger partial charge in [-0.2, -0.15) is 14.6 Å². The first kappa shape index (κ1) is 19.5. The predicted octanol–water partition coefficient (Wildman–Crippen LogP) is 2.73. The smallest absolute Gasteiger partial charge is 0.296 e. The van der Waals surface area contributed by atoms with Gasteiger partial charge in [0, 0.05) is 16.5 Å². The molecule has 4 rings (SSSR count). The molecule has 0 saturated heterocycles. The number of nitrogens with zero attached hydrogens (tertiary/aromatic N) is 3. The first-order valence-electron chi connectivity index (χ1n) is 8.78. The van der Waals surface area contributed by atoms with Crippen LogP contribution in [0.2, 0.25) is 0 Å². The van der Waals surface area contributed by atoms with Gasteiger partial charge < -0.3 is 4.74 Å². The van der Waals surface area contributed by atoms with Gasteiger partial charge in [0.1, 0.15) is 11.4 Å². The predicted molar refractivity (Wildman–Crippen MR) is 117 cm³/mol. The largest absolute Gasteiger partial charge is 0.496 e. The SMILES string of the molecule is COc1ccc(Br)cc1/C=c1\sc2nc(=O)c(Cc3ccc(C)cc3)nn2c1=O. The molecule has 0 fully saturated rings. The van der Waals surface area contributed by atoms with Crippen LogP contribution in [0.15, 0.2) is 56.5 Å². The Morgan fingerprint density at radius 1 is 1.17 bits per heavy atom. The maximum Gasteiger partial charge on any atom is 0.296 e. The summed E-state index contributed by atoms with van der Waals surface area (Å²) in [5.41, 5.74) is 2.33. The summed E-state index contributed by atoms with van der Waals surface area (Å²) in [5, 5.41) is 4.29. The van der Waals surface area contributed by atoms with E-state index in [9.17, 15) is 9.59 Å². The lowest BCUT2D eigenvalue weighted by atomic mass is 10.1. The van der Waals surface area contributed by atoms with Crippen LogP contribution >= 0.6 is 27.3 Å². The van der Waals surface area contributed by atoms with Crippen molar-refractivity contribution in [3.63, 3.8) is 0 Å². The molecule has 0 spiro atoms. The van der Waals surface area contributed by atoms with Gasteiger partial charge in [0.15, 0.2) is 0 Å². The minimum absolute atomic E-state index is 0.243. The highest BCUT2D eigenvalue weighted by Crippen LogP contribution is 2.23. The van der Waals surface area contributed by atoms with Crippen LogP contribution in [0.25, 0.3) is 11.0 Å². The summed E-state index contributed by atoms with van der Waals surface area (Å²) >= 11 is 4.55. The van der Waals surface area contributed by atoms with E-state index in [-0.39, 0.29) is 16.2 Å². The lowest BCUT2D eigenvalue weighted by Gasteiger charge is -2.04.